The van der Waals surface area contributed by atoms with E-state index in [2.05, 4.69) is 5.32 Å². The smallest absolute Gasteiger partial charge is 0.261 e. The van der Waals surface area contributed by atoms with Gasteiger partial charge < -0.3 is 15.0 Å². The zero-order valence-electron chi connectivity index (χ0n) is 16.7. The molecule has 2 aromatic carbocycles. The van der Waals surface area contributed by atoms with Gasteiger partial charge in [0.05, 0.1) is 0 Å². The van der Waals surface area contributed by atoms with Gasteiger partial charge in [0.1, 0.15) is 11.8 Å². The van der Waals surface area contributed by atoms with Gasteiger partial charge in [-0.2, -0.15) is 0 Å². The predicted octanol–water partition coefficient (Wildman–Crippen LogP) is 3.97. The molecule has 28 heavy (non-hydrogen) atoms. The fourth-order valence-electron chi connectivity index (χ4n) is 2.70. The standard InChI is InChI=1S/C22H27ClN2O3/c1-15(2)24-22(27)17(4)25(13-18-8-6-5-7-9-18)21(26)14-28-19-10-11-20(23)16(3)12-19/h5-12,15,17H,13-14H2,1-4H3,(H,24,27). The van der Waals surface area contributed by atoms with Crippen LogP contribution in [0.25, 0.3) is 0 Å². The molecule has 0 fully saturated rings. The van der Waals surface area contributed by atoms with E-state index in [0.717, 1.165) is 11.1 Å². The van der Waals surface area contributed by atoms with Crippen molar-refractivity contribution in [2.75, 3.05) is 6.61 Å². The minimum absolute atomic E-state index is 0.00285. The first-order valence-corrected chi connectivity index (χ1v) is 9.68. The molecule has 2 amide bonds. The van der Waals surface area contributed by atoms with Gasteiger partial charge >= 0.3 is 0 Å². The van der Waals surface area contributed by atoms with Crippen LogP contribution in [0.3, 0.4) is 0 Å². The highest BCUT2D eigenvalue weighted by atomic mass is 35.5. The highest BCUT2D eigenvalue weighted by Gasteiger charge is 2.26. The fourth-order valence-corrected chi connectivity index (χ4v) is 2.82. The van der Waals surface area contributed by atoms with Crippen molar-refractivity contribution in [1.29, 1.82) is 0 Å². The number of nitrogens with zero attached hydrogens (tertiary/aromatic N) is 1. The Balaban J connectivity index is 2.13. The highest BCUT2D eigenvalue weighted by molar-refractivity contribution is 6.31. The molecule has 1 unspecified atom stereocenters. The molecular formula is C22H27ClN2O3. The first-order valence-electron chi connectivity index (χ1n) is 9.30. The number of carbonyl (C=O) groups excluding carboxylic acids is 2. The molecule has 0 heterocycles. The van der Waals surface area contributed by atoms with Crippen molar-refractivity contribution in [1.82, 2.24) is 10.2 Å². The number of nitrogens with one attached hydrogen (secondary N) is 1. The number of ether oxygens (including phenoxy) is 1. The second kappa shape index (κ2) is 10.1. The average molecular weight is 403 g/mol. The molecule has 5 nitrogen and oxygen atoms in total. The largest absolute Gasteiger partial charge is 0.484 e. The third-order valence-corrected chi connectivity index (χ3v) is 4.71. The number of benzene rings is 2. The Morgan fingerprint density at radius 3 is 2.39 bits per heavy atom. The van der Waals surface area contributed by atoms with Gasteiger partial charge in [-0.15, -0.1) is 0 Å². The van der Waals surface area contributed by atoms with Gasteiger partial charge in [-0.05, 0) is 57.0 Å². The lowest BCUT2D eigenvalue weighted by Gasteiger charge is -2.29. The summed E-state index contributed by atoms with van der Waals surface area (Å²) in [5.41, 5.74) is 1.82. The van der Waals surface area contributed by atoms with Gasteiger partial charge in [-0.1, -0.05) is 41.9 Å². The van der Waals surface area contributed by atoms with Crippen LogP contribution in [0.4, 0.5) is 0 Å². The molecule has 0 aliphatic carbocycles. The number of hydrogen-bond acceptors (Lipinski definition) is 3. The molecule has 0 saturated heterocycles. The van der Waals surface area contributed by atoms with E-state index in [-0.39, 0.29) is 24.5 Å². The molecule has 150 valence electrons. The van der Waals surface area contributed by atoms with Gasteiger partial charge in [0, 0.05) is 17.6 Å². The predicted molar refractivity (Wildman–Crippen MR) is 111 cm³/mol. The number of carbonyl (C=O) groups is 2. The van der Waals surface area contributed by atoms with Crippen LogP contribution in [0.5, 0.6) is 5.75 Å². The summed E-state index contributed by atoms with van der Waals surface area (Å²) in [7, 11) is 0. The molecule has 0 radical (unpaired) electrons. The fraction of sp³-hybridized carbons (Fsp3) is 0.364. The molecule has 0 aliphatic rings. The maximum atomic E-state index is 12.9. The van der Waals surface area contributed by atoms with Crippen molar-refractivity contribution in [3.05, 3.63) is 64.7 Å². The van der Waals surface area contributed by atoms with Crippen molar-refractivity contribution in [2.24, 2.45) is 0 Å². The minimum Gasteiger partial charge on any atom is -0.484 e. The van der Waals surface area contributed by atoms with Crippen LogP contribution >= 0.6 is 11.6 Å². The average Bonchev–Trinajstić information content (AvgIpc) is 2.66. The Bertz CT molecular complexity index is 809. The van der Waals surface area contributed by atoms with Crippen molar-refractivity contribution in [2.45, 2.75) is 46.3 Å². The number of rotatable bonds is 8. The van der Waals surface area contributed by atoms with E-state index in [1.807, 2.05) is 51.1 Å². The zero-order chi connectivity index (χ0) is 20.7. The molecular weight excluding hydrogens is 376 g/mol. The van der Waals surface area contributed by atoms with E-state index in [4.69, 9.17) is 16.3 Å². The van der Waals surface area contributed by atoms with Crippen LogP contribution in [0, 0.1) is 6.92 Å². The summed E-state index contributed by atoms with van der Waals surface area (Å²) < 4.78 is 5.65. The Kier molecular flexibility index (Phi) is 7.88. The van der Waals surface area contributed by atoms with E-state index in [9.17, 15) is 9.59 Å². The normalized spacial score (nSPS) is 11.8. The van der Waals surface area contributed by atoms with Crippen LogP contribution < -0.4 is 10.1 Å². The van der Waals surface area contributed by atoms with E-state index >= 15 is 0 Å². The van der Waals surface area contributed by atoms with E-state index in [0.29, 0.717) is 17.3 Å². The summed E-state index contributed by atoms with van der Waals surface area (Å²) >= 11 is 6.03. The van der Waals surface area contributed by atoms with Gasteiger partial charge in [0.15, 0.2) is 6.61 Å². The molecule has 0 bridgehead atoms. The van der Waals surface area contributed by atoms with Gasteiger partial charge in [0.25, 0.3) is 5.91 Å². The minimum atomic E-state index is -0.620. The number of halogens is 1. The summed E-state index contributed by atoms with van der Waals surface area (Å²) in [6.07, 6.45) is 0. The number of amides is 2. The Labute approximate surface area is 171 Å². The topological polar surface area (TPSA) is 58.6 Å². The van der Waals surface area contributed by atoms with Crippen LogP contribution in [-0.4, -0.2) is 35.4 Å². The van der Waals surface area contributed by atoms with Crippen LogP contribution in [0.15, 0.2) is 48.5 Å². The lowest BCUT2D eigenvalue weighted by molar-refractivity contribution is -0.142. The molecule has 0 aliphatic heterocycles. The number of aryl methyl sites for hydroxylation is 1. The summed E-state index contributed by atoms with van der Waals surface area (Å²) in [5.74, 6) is 0.110. The summed E-state index contributed by atoms with van der Waals surface area (Å²) in [5, 5.41) is 3.50. The summed E-state index contributed by atoms with van der Waals surface area (Å²) in [4.78, 5) is 26.9. The van der Waals surface area contributed by atoms with Crippen LogP contribution in [-0.2, 0) is 16.1 Å². The van der Waals surface area contributed by atoms with Crippen LogP contribution in [0.1, 0.15) is 31.9 Å². The molecule has 2 aromatic rings. The SMILES string of the molecule is Cc1cc(OCC(=O)N(Cc2ccccc2)C(C)C(=O)NC(C)C)ccc1Cl. The lowest BCUT2D eigenvalue weighted by Crippen LogP contribution is -2.50. The lowest BCUT2D eigenvalue weighted by atomic mass is 10.1. The van der Waals surface area contributed by atoms with Crippen molar-refractivity contribution < 1.29 is 14.3 Å². The third-order valence-electron chi connectivity index (χ3n) is 4.29. The van der Waals surface area contributed by atoms with Gasteiger partial charge in [-0.25, -0.2) is 0 Å². The van der Waals surface area contributed by atoms with Crippen molar-refractivity contribution in [3.8, 4) is 5.75 Å². The Morgan fingerprint density at radius 1 is 1.11 bits per heavy atom. The number of hydrogen-bond donors (Lipinski definition) is 1. The molecule has 0 spiro atoms. The first kappa shape index (κ1) is 21.8. The second-order valence-corrected chi connectivity index (χ2v) is 7.45. The monoisotopic (exact) mass is 402 g/mol. The van der Waals surface area contributed by atoms with Gasteiger partial charge in [0.2, 0.25) is 5.91 Å². The summed E-state index contributed by atoms with van der Waals surface area (Å²) in [6, 6.07) is 14.2. The Hall–Kier alpha value is -2.53. The molecule has 0 saturated carbocycles. The molecule has 1 N–H and O–H groups in total. The highest BCUT2D eigenvalue weighted by Crippen LogP contribution is 2.21. The third kappa shape index (κ3) is 6.27. The zero-order valence-corrected chi connectivity index (χ0v) is 17.5. The quantitative estimate of drug-likeness (QED) is 0.726. The Morgan fingerprint density at radius 2 is 1.79 bits per heavy atom. The second-order valence-electron chi connectivity index (χ2n) is 7.05. The maximum absolute atomic E-state index is 12.9. The van der Waals surface area contributed by atoms with Crippen molar-refractivity contribution in [3.63, 3.8) is 0 Å². The first-order chi connectivity index (χ1) is 13.3. The van der Waals surface area contributed by atoms with E-state index in [1.54, 1.807) is 25.1 Å². The van der Waals surface area contributed by atoms with E-state index < -0.39 is 6.04 Å². The van der Waals surface area contributed by atoms with Crippen molar-refractivity contribution >= 4 is 23.4 Å². The summed E-state index contributed by atoms with van der Waals surface area (Å²) in [6.45, 7) is 7.55. The molecule has 1 atom stereocenters. The van der Waals surface area contributed by atoms with Gasteiger partial charge in [-0.3, -0.25) is 9.59 Å². The maximum Gasteiger partial charge on any atom is 0.261 e. The molecule has 0 aromatic heterocycles. The molecule has 2 rings (SSSR count). The molecule has 6 heteroatoms. The van der Waals surface area contributed by atoms with E-state index in [1.165, 1.54) is 4.90 Å². The van der Waals surface area contributed by atoms with Crippen LogP contribution in [0.2, 0.25) is 5.02 Å².